The number of aliphatic imine (C=N–C) groups is 1. The molecule has 1 aromatic carbocycles. The van der Waals surface area contributed by atoms with Gasteiger partial charge >= 0.3 is 5.97 Å². The number of carbonyl (C=O) groups excluding carboxylic acids is 1. The number of benzene rings is 1. The summed E-state index contributed by atoms with van der Waals surface area (Å²) < 4.78 is 5.21. The maximum absolute atomic E-state index is 12.6. The molecule has 0 radical (unpaired) electrons. The average Bonchev–Trinajstić information content (AvgIpc) is 2.79. The summed E-state index contributed by atoms with van der Waals surface area (Å²) in [6, 6.07) is 10.9. The molecule has 1 aliphatic rings. The van der Waals surface area contributed by atoms with E-state index >= 15 is 0 Å². The minimum atomic E-state index is -0.459. The largest absolute Gasteiger partial charge is 0.458 e. The van der Waals surface area contributed by atoms with E-state index in [1.54, 1.807) is 44.3 Å². The number of nitrogens with two attached hydrogens (primary N) is 1. The second-order valence-electron chi connectivity index (χ2n) is 8.60. The number of H-pyrrole nitrogens is 1. The van der Waals surface area contributed by atoms with E-state index in [2.05, 4.69) is 20.3 Å². The summed E-state index contributed by atoms with van der Waals surface area (Å²) in [7, 11) is 0. The smallest absolute Gasteiger partial charge is 0.357 e. The van der Waals surface area contributed by atoms with E-state index in [-0.39, 0.29) is 23.2 Å². The van der Waals surface area contributed by atoms with Crippen LogP contribution in [0.2, 0.25) is 0 Å². The van der Waals surface area contributed by atoms with Crippen molar-refractivity contribution in [1.82, 2.24) is 9.97 Å². The van der Waals surface area contributed by atoms with E-state index in [0.717, 1.165) is 18.2 Å². The number of hydrogen-bond acceptors (Lipinski definition) is 6. The van der Waals surface area contributed by atoms with E-state index in [1.807, 2.05) is 12.1 Å². The minimum absolute atomic E-state index is 0.139. The van der Waals surface area contributed by atoms with E-state index in [0.29, 0.717) is 28.5 Å². The zero-order valence-electron chi connectivity index (χ0n) is 18.9. The topological polar surface area (TPSA) is 122 Å². The normalized spacial score (nSPS) is 15.1. The molecule has 0 spiro atoms. The molecular weight excluding hydrogens is 418 g/mol. The van der Waals surface area contributed by atoms with Gasteiger partial charge in [-0.2, -0.15) is 0 Å². The zero-order chi connectivity index (χ0) is 23.4. The Morgan fingerprint density at radius 3 is 2.73 bits per heavy atom. The molecule has 0 saturated heterocycles. The first-order chi connectivity index (χ1) is 15.9. The Morgan fingerprint density at radius 1 is 1.18 bits per heavy atom. The maximum Gasteiger partial charge on any atom is 0.357 e. The van der Waals surface area contributed by atoms with Crippen molar-refractivity contribution in [2.75, 3.05) is 5.32 Å². The molecule has 8 nitrogen and oxygen atoms in total. The first-order valence-electron chi connectivity index (χ1n) is 11.4. The van der Waals surface area contributed by atoms with Gasteiger partial charge in [-0.1, -0.05) is 25.3 Å². The van der Waals surface area contributed by atoms with Crippen LogP contribution in [-0.4, -0.2) is 33.9 Å². The van der Waals surface area contributed by atoms with Crippen molar-refractivity contribution in [3.63, 3.8) is 0 Å². The predicted molar refractivity (Wildman–Crippen MR) is 130 cm³/mol. The number of esters is 1. The lowest BCUT2D eigenvalue weighted by Gasteiger charge is -2.24. The lowest BCUT2D eigenvalue weighted by molar-refractivity contribution is 0.0371. The van der Waals surface area contributed by atoms with Crippen molar-refractivity contribution in [2.24, 2.45) is 10.7 Å². The second-order valence-corrected chi connectivity index (χ2v) is 8.60. The number of ether oxygens (including phenoxy) is 1. The van der Waals surface area contributed by atoms with Gasteiger partial charge in [0.2, 0.25) is 0 Å². The molecule has 0 amide bonds. The van der Waals surface area contributed by atoms with Gasteiger partial charge in [0, 0.05) is 17.6 Å². The van der Waals surface area contributed by atoms with E-state index in [4.69, 9.17) is 10.5 Å². The summed E-state index contributed by atoms with van der Waals surface area (Å²) in [6.07, 6.45) is 7.17. The summed E-state index contributed by atoms with van der Waals surface area (Å²) in [4.78, 5) is 36.3. The monoisotopic (exact) mass is 447 g/mol. The molecule has 0 unspecified atom stereocenters. The summed E-state index contributed by atoms with van der Waals surface area (Å²) in [5.74, 6) is -0.320. The van der Waals surface area contributed by atoms with Crippen molar-refractivity contribution >= 4 is 34.1 Å². The van der Waals surface area contributed by atoms with Crippen LogP contribution in [-0.2, 0) is 4.74 Å². The Bertz CT molecular complexity index is 1240. The molecule has 2 aromatic heterocycles. The van der Waals surface area contributed by atoms with Crippen molar-refractivity contribution in [3.05, 3.63) is 64.2 Å². The molecule has 0 aliphatic heterocycles. The molecule has 1 saturated carbocycles. The minimum Gasteiger partial charge on any atom is -0.458 e. The molecule has 172 valence electrons. The quantitative estimate of drug-likeness (QED) is 0.295. The highest BCUT2D eigenvalue weighted by Crippen LogP contribution is 2.24. The standard InChI is InChI=1S/C25H29N5O3/c1-15(2)33-25(32)21-10-8-16-14-18(9-11-19(16)30-21)29-23(26)22-20(12-13-27-24(22)31)28-17-6-4-3-5-7-17/h8-15,17H,3-7H2,1-2H3,(H2,26,29)(H2,27,28,31). The number of anilines is 1. The van der Waals surface area contributed by atoms with Crippen molar-refractivity contribution in [1.29, 1.82) is 0 Å². The van der Waals surface area contributed by atoms with Gasteiger partial charge in [-0.15, -0.1) is 0 Å². The number of nitrogens with zero attached hydrogens (tertiary/aromatic N) is 2. The molecule has 1 fully saturated rings. The van der Waals surface area contributed by atoms with Crippen LogP contribution in [0.4, 0.5) is 11.4 Å². The van der Waals surface area contributed by atoms with Gasteiger partial charge < -0.3 is 20.8 Å². The maximum atomic E-state index is 12.6. The van der Waals surface area contributed by atoms with Crippen molar-refractivity contribution in [2.45, 2.75) is 58.1 Å². The summed E-state index contributed by atoms with van der Waals surface area (Å²) in [5, 5.41) is 4.28. The molecular formula is C25H29N5O3. The van der Waals surface area contributed by atoms with Crippen LogP contribution in [0.3, 0.4) is 0 Å². The van der Waals surface area contributed by atoms with Crippen LogP contribution in [0.25, 0.3) is 10.9 Å². The van der Waals surface area contributed by atoms with Crippen LogP contribution in [0, 0.1) is 0 Å². The number of fused-ring (bicyclic) bond motifs is 1. The summed E-state index contributed by atoms with van der Waals surface area (Å²) >= 11 is 0. The average molecular weight is 448 g/mol. The third kappa shape index (κ3) is 5.39. The van der Waals surface area contributed by atoms with Crippen LogP contribution < -0.4 is 16.6 Å². The molecule has 0 bridgehead atoms. The molecule has 4 N–H and O–H groups in total. The van der Waals surface area contributed by atoms with E-state index in [1.165, 1.54) is 19.3 Å². The predicted octanol–water partition coefficient (Wildman–Crippen LogP) is 4.27. The van der Waals surface area contributed by atoms with E-state index in [9.17, 15) is 9.59 Å². The fourth-order valence-corrected chi connectivity index (χ4v) is 4.09. The fourth-order valence-electron chi connectivity index (χ4n) is 4.09. The third-order valence-electron chi connectivity index (χ3n) is 5.66. The summed E-state index contributed by atoms with van der Waals surface area (Å²) in [6.45, 7) is 3.59. The molecule has 0 atom stereocenters. The lowest BCUT2D eigenvalue weighted by atomic mass is 9.95. The Labute approximate surface area is 192 Å². The number of nitrogens with one attached hydrogen (secondary N) is 2. The highest BCUT2D eigenvalue weighted by Gasteiger charge is 2.18. The van der Waals surface area contributed by atoms with Crippen molar-refractivity contribution in [3.8, 4) is 0 Å². The van der Waals surface area contributed by atoms with Gasteiger partial charge in [0.1, 0.15) is 17.1 Å². The molecule has 4 rings (SSSR count). The zero-order valence-corrected chi connectivity index (χ0v) is 18.9. The lowest BCUT2D eigenvalue weighted by Crippen LogP contribution is -2.29. The molecule has 1 aliphatic carbocycles. The molecule has 2 heterocycles. The highest BCUT2D eigenvalue weighted by atomic mass is 16.5. The second kappa shape index (κ2) is 9.85. The first-order valence-corrected chi connectivity index (χ1v) is 11.4. The van der Waals surface area contributed by atoms with Gasteiger partial charge in [0.05, 0.1) is 23.0 Å². The van der Waals surface area contributed by atoms with Gasteiger partial charge in [0.25, 0.3) is 5.56 Å². The van der Waals surface area contributed by atoms with Crippen LogP contribution in [0.5, 0.6) is 0 Å². The number of carbonyl (C=O) groups is 1. The molecule has 33 heavy (non-hydrogen) atoms. The number of aromatic amines is 1. The number of hydrogen-bond donors (Lipinski definition) is 3. The Kier molecular flexibility index (Phi) is 6.72. The van der Waals surface area contributed by atoms with Gasteiger partial charge in [0.15, 0.2) is 0 Å². The van der Waals surface area contributed by atoms with E-state index < -0.39 is 5.97 Å². The highest BCUT2D eigenvalue weighted by molar-refractivity contribution is 6.03. The number of pyridine rings is 2. The molecule has 8 heteroatoms. The SMILES string of the molecule is CC(C)OC(=O)c1ccc2cc(N=C(N)c3c(NC4CCCCC4)cc[nH]c3=O)ccc2n1. The fraction of sp³-hybridized carbons (Fsp3) is 0.360. The molecule has 3 aromatic rings. The van der Waals surface area contributed by atoms with Gasteiger partial charge in [-0.05, 0) is 57.0 Å². The first kappa shape index (κ1) is 22.5. The Morgan fingerprint density at radius 2 is 1.97 bits per heavy atom. The number of rotatable bonds is 6. The van der Waals surface area contributed by atoms with Crippen LogP contribution >= 0.6 is 0 Å². The van der Waals surface area contributed by atoms with Gasteiger partial charge in [-0.25, -0.2) is 14.8 Å². The van der Waals surface area contributed by atoms with Crippen LogP contribution in [0.1, 0.15) is 62.0 Å². The third-order valence-corrected chi connectivity index (χ3v) is 5.66. The van der Waals surface area contributed by atoms with Crippen molar-refractivity contribution < 1.29 is 9.53 Å². The number of amidine groups is 1. The Balaban J connectivity index is 1.61. The van der Waals surface area contributed by atoms with Crippen LogP contribution in [0.15, 0.2) is 52.4 Å². The number of aromatic nitrogens is 2. The van der Waals surface area contributed by atoms with Gasteiger partial charge in [-0.3, -0.25) is 4.79 Å². The summed E-state index contributed by atoms with van der Waals surface area (Å²) in [5.41, 5.74) is 8.54. The Hall–Kier alpha value is -3.68.